The largest absolute Gasteiger partial charge is 0.504 e. The second kappa shape index (κ2) is 7.99. The zero-order chi connectivity index (χ0) is 10.9. The number of rotatable bonds is 8. The Morgan fingerprint density at radius 2 is 1.43 bits per heavy atom. The molecule has 0 spiro atoms. The molecule has 0 unspecified atom stereocenters. The number of allylic oxidation sites excluding steroid dienone is 1. The molecule has 0 saturated carbocycles. The van der Waals surface area contributed by atoms with Gasteiger partial charge in [0.15, 0.2) is 0 Å². The molecule has 0 radical (unpaired) electrons. The highest BCUT2D eigenvalue weighted by atomic mass is 28.4. The second-order valence-electron chi connectivity index (χ2n) is 2.61. The van der Waals surface area contributed by atoms with Crippen LogP contribution < -0.4 is 5.73 Å². The molecule has 0 rings (SSSR count). The van der Waals surface area contributed by atoms with E-state index in [1.807, 2.05) is 26.8 Å². The highest BCUT2D eigenvalue weighted by Crippen LogP contribution is 2.16. The SMILES string of the molecule is CCO[Si](C/C=C/N)(OCC)OCC. The third-order valence-electron chi connectivity index (χ3n) is 1.60. The normalized spacial score (nSPS) is 12.5. The molecule has 0 aliphatic rings. The molecule has 5 heteroatoms. The third-order valence-corrected chi connectivity index (χ3v) is 4.52. The Labute approximate surface area is 87.4 Å². The van der Waals surface area contributed by atoms with Crippen LogP contribution in [0.5, 0.6) is 0 Å². The van der Waals surface area contributed by atoms with E-state index in [4.69, 9.17) is 19.0 Å². The Balaban J connectivity index is 4.36. The van der Waals surface area contributed by atoms with Crippen LogP contribution in [0.3, 0.4) is 0 Å². The lowest BCUT2D eigenvalue weighted by Gasteiger charge is -2.27. The van der Waals surface area contributed by atoms with E-state index in [0.29, 0.717) is 25.9 Å². The van der Waals surface area contributed by atoms with Gasteiger partial charge in [-0.05, 0) is 27.0 Å². The molecule has 0 aliphatic carbocycles. The molecular weight excluding hydrogens is 198 g/mol. The fourth-order valence-electron chi connectivity index (χ4n) is 1.17. The second-order valence-corrected chi connectivity index (χ2v) is 5.25. The highest BCUT2D eigenvalue weighted by Gasteiger charge is 2.38. The first-order valence-electron chi connectivity index (χ1n) is 5.03. The van der Waals surface area contributed by atoms with E-state index in [9.17, 15) is 0 Å². The van der Waals surface area contributed by atoms with Crippen molar-refractivity contribution in [2.45, 2.75) is 26.8 Å². The van der Waals surface area contributed by atoms with Crippen LogP contribution in [0.25, 0.3) is 0 Å². The molecule has 4 nitrogen and oxygen atoms in total. The van der Waals surface area contributed by atoms with E-state index >= 15 is 0 Å². The van der Waals surface area contributed by atoms with Gasteiger partial charge in [0.05, 0.1) is 0 Å². The first kappa shape index (κ1) is 13.6. The maximum Gasteiger partial charge on any atom is 0.504 e. The van der Waals surface area contributed by atoms with E-state index in [1.165, 1.54) is 6.20 Å². The van der Waals surface area contributed by atoms with Crippen molar-refractivity contribution in [1.82, 2.24) is 0 Å². The van der Waals surface area contributed by atoms with E-state index in [1.54, 1.807) is 0 Å². The zero-order valence-corrected chi connectivity index (χ0v) is 10.3. The maximum absolute atomic E-state index is 5.60. The summed E-state index contributed by atoms with van der Waals surface area (Å²) >= 11 is 0. The Bertz CT molecular complexity index is 147. The Morgan fingerprint density at radius 3 is 1.71 bits per heavy atom. The lowest BCUT2D eigenvalue weighted by atomic mass is 10.7. The quantitative estimate of drug-likeness (QED) is 0.629. The molecular formula is C9H21NO3Si. The van der Waals surface area contributed by atoms with Gasteiger partial charge in [-0.25, -0.2) is 0 Å². The van der Waals surface area contributed by atoms with Crippen molar-refractivity contribution in [3.05, 3.63) is 12.3 Å². The predicted octanol–water partition coefficient (Wildman–Crippen LogP) is 1.51. The van der Waals surface area contributed by atoms with Crippen LogP contribution in [-0.2, 0) is 13.3 Å². The minimum Gasteiger partial charge on any atom is -0.405 e. The summed E-state index contributed by atoms with van der Waals surface area (Å²) in [4.78, 5) is 0. The van der Waals surface area contributed by atoms with Crippen molar-refractivity contribution in [1.29, 1.82) is 0 Å². The van der Waals surface area contributed by atoms with Crippen LogP contribution in [0, 0.1) is 0 Å². The van der Waals surface area contributed by atoms with Gasteiger partial charge in [0.25, 0.3) is 0 Å². The van der Waals surface area contributed by atoms with Gasteiger partial charge in [-0.1, -0.05) is 6.08 Å². The minimum absolute atomic E-state index is 0.602. The van der Waals surface area contributed by atoms with Crippen LogP contribution in [0.2, 0.25) is 6.04 Å². The minimum atomic E-state index is -2.48. The topological polar surface area (TPSA) is 53.7 Å². The van der Waals surface area contributed by atoms with Gasteiger partial charge >= 0.3 is 8.80 Å². The van der Waals surface area contributed by atoms with Crippen LogP contribution in [0.4, 0.5) is 0 Å². The van der Waals surface area contributed by atoms with Gasteiger partial charge in [0.1, 0.15) is 0 Å². The molecule has 0 bridgehead atoms. The smallest absolute Gasteiger partial charge is 0.405 e. The fraction of sp³-hybridized carbons (Fsp3) is 0.778. The summed E-state index contributed by atoms with van der Waals surface area (Å²) in [6, 6.07) is 0.638. The molecule has 0 aromatic heterocycles. The van der Waals surface area contributed by atoms with Crippen molar-refractivity contribution in [2.24, 2.45) is 5.73 Å². The molecule has 0 heterocycles. The first-order chi connectivity index (χ1) is 6.74. The molecule has 0 fully saturated rings. The van der Waals surface area contributed by atoms with Crippen molar-refractivity contribution < 1.29 is 13.3 Å². The lowest BCUT2D eigenvalue weighted by molar-refractivity contribution is 0.0742. The van der Waals surface area contributed by atoms with Gasteiger partial charge in [-0.15, -0.1) is 0 Å². The molecule has 0 aromatic rings. The van der Waals surface area contributed by atoms with Crippen LogP contribution in [-0.4, -0.2) is 28.6 Å². The summed E-state index contributed by atoms with van der Waals surface area (Å²) < 4.78 is 16.8. The summed E-state index contributed by atoms with van der Waals surface area (Å²) in [5, 5.41) is 0. The van der Waals surface area contributed by atoms with Crippen LogP contribution in [0.1, 0.15) is 20.8 Å². The average molecular weight is 219 g/mol. The molecule has 0 aliphatic heterocycles. The summed E-state index contributed by atoms with van der Waals surface area (Å²) in [5.74, 6) is 0. The monoisotopic (exact) mass is 219 g/mol. The summed E-state index contributed by atoms with van der Waals surface area (Å²) in [6.45, 7) is 7.61. The van der Waals surface area contributed by atoms with E-state index in [2.05, 4.69) is 0 Å². The third kappa shape index (κ3) is 4.76. The van der Waals surface area contributed by atoms with Crippen molar-refractivity contribution in [3.8, 4) is 0 Å². The van der Waals surface area contributed by atoms with Gasteiger partial charge in [0, 0.05) is 25.9 Å². The van der Waals surface area contributed by atoms with Gasteiger partial charge in [-0.2, -0.15) is 0 Å². The predicted molar refractivity (Wildman–Crippen MR) is 58.8 cm³/mol. The Morgan fingerprint density at radius 1 is 1.00 bits per heavy atom. The molecule has 0 saturated heterocycles. The molecule has 84 valence electrons. The van der Waals surface area contributed by atoms with Crippen molar-refractivity contribution in [2.75, 3.05) is 19.8 Å². The number of nitrogens with two attached hydrogens (primary N) is 1. The summed E-state index contributed by atoms with van der Waals surface area (Å²) in [6.07, 6.45) is 3.33. The van der Waals surface area contributed by atoms with E-state index < -0.39 is 8.80 Å². The fourth-order valence-corrected chi connectivity index (χ4v) is 3.52. The zero-order valence-electron chi connectivity index (χ0n) is 9.29. The summed E-state index contributed by atoms with van der Waals surface area (Å²) in [7, 11) is -2.48. The molecule has 2 N–H and O–H groups in total. The van der Waals surface area contributed by atoms with E-state index in [0.717, 1.165) is 0 Å². The molecule has 0 amide bonds. The van der Waals surface area contributed by atoms with Gasteiger partial charge < -0.3 is 19.0 Å². The van der Waals surface area contributed by atoms with Crippen molar-refractivity contribution >= 4 is 8.80 Å². The molecule has 14 heavy (non-hydrogen) atoms. The number of hydrogen-bond donors (Lipinski definition) is 1. The highest BCUT2D eigenvalue weighted by molar-refractivity contribution is 6.61. The first-order valence-corrected chi connectivity index (χ1v) is 6.96. The van der Waals surface area contributed by atoms with Crippen LogP contribution >= 0.6 is 0 Å². The Kier molecular flexibility index (Phi) is 7.78. The summed E-state index contributed by atoms with van der Waals surface area (Å²) in [5.41, 5.74) is 5.30. The Hall–Kier alpha value is -0.363. The van der Waals surface area contributed by atoms with Gasteiger partial charge in [-0.3, -0.25) is 0 Å². The van der Waals surface area contributed by atoms with Crippen LogP contribution in [0.15, 0.2) is 12.3 Å². The van der Waals surface area contributed by atoms with Crippen molar-refractivity contribution in [3.63, 3.8) is 0 Å². The number of hydrogen-bond acceptors (Lipinski definition) is 4. The van der Waals surface area contributed by atoms with E-state index in [-0.39, 0.29) is 0 Å². The molecule has 0 aromatic carbocycles. The standard InChI is InChI=1S/C9H21NO3Si/c1-4-11-14(12-5-2,13-6-3)9-7-8-10/h7-8H,4-6,9-10H2,1-3H3/b8-7+. The van der Waals surface area contributed by atoms with Gasteiger partial charge in [0.2, 0.25) is 0 Å². The lowest BCUT2D eigenvalue weighted by Crippen LogP contribution is -2.45. The average Bonchev–Trinajstić information content (AvgIpc) is 2.16. The maximum atomic E-state index is 5.60. The molecule has 0 atom stereocenters.